The molecule has 0 aromatic heterocycles. The maximum absolute atomic E-state index is 13.0. The molecule has 0 aliphatic carbocycles. The van der Waals surface area contributed by atoms with E-state index in [1.807, 2.05) is 6.92 Å². The van der Waals surface area contributed by atoms with Gasteiger partial charge in [-0.05, 0) is 49.2 Å². The summed E-state index contributed by atoms with van der Waals surface area (Å²) < 4.78 is 15.7. The van der Waals surface area contributed by atoms with Crippen molar-refractivity contribution in [3.8, 4) is 11.5 Å². The van der Waals surface area contributed by atoms with Gasteiger partial charge in [-0.15, -0.1) is 0 Å². The highest BCUT2D eigenvalue weighted by Gasteiger charge is 2.45. The van der Waals surface area contributed by atoms with E-state index in [1.165, 1.54) is 11.0 Å². The Hall–Kier alpha value is -3.03. The molecule has 1 amide bonds. The van der Waals surface area contributed by atoms with Gasteiger partial charge < -0.3 is 24.2 Å². The fraction of sp³-hybridized carbons (Fsp3) is 0.333. The van der Waals surface area contributed by atoms with Gasteiger partial charge >= 0.3 is 0 Å². The zero-order valence-electron chi connectivity index (χ0n) is 18.3. The molecule has 0 saturated carbocycles. The average Bonchev–Trinajstić information content (AvgIpc) is 3.05. The number of hydrogen-bond donors (Lipinski definition) is 1. The molecule has 0 unspecified atom stereocenters. The van der Waals surface area contributed by atoms with E-state index in [0.29, 0.717) is 53.8 Å². The van der Waals surface area contributed by atoms with Gasteiger partial charge in [-0.3, -0.25) is 9.59 Å². The van der Waals surface area contributed by atoms with Crippen LogP contribution in [-0.2, 0) is 14.3 Å². The highest BCUT2D eigenvalue weighted by molar-refractivity contribution is 6.46. The van der Waals surface area contributed by atoms with Gasteiger partial charge in [0.05, 0.1) is 30.4 Å². The number of carbonyl (C=O) groups excluding carboxylic acids is 2. The van der Waals surface area contributed by atoms with Gasteiger partial charge in [0, 0.05) is 25.8 Å². The lowest BCUT2D eigenvalue weighted by Gasteiger charge is -2.25. The van der Waals surface area contributed by atoms with E-state index in [-0.39, 0.29) is 11.3 Å². The van der Waals surface area contributed by atoms with Gasteiger partial charge in [0.2, 0.25) is 0 Å². The van der Waals surface area contributed by atoms with Crippen LogP contribution < -0.4 is 9.47 Å². The molecule has 1 heterocycles. The van der Waals surface area contributed by atoms with E-state index in [0.717, 1.165) is 0 Å². The highest BCUT2D eigenvalue weighted by atomic mass is 35.5. The van der Waals surface area contributed by atoms with Crippen LogP contribution in [0.2, 0.25) is 5.02 Å². The van der Waals surface area contributed by atoms with Crippen molar-refractivity contribution in [2.45, 2.75) is 19.4 Å². The number of hydrogen-bond acceptors (Lipinski definition) is 6. The van der Waals surface area contributed by atoms with Crippen molar-refractivity contribution in [1.29, 1.82) is 0 Å². The zero-order chi connectivity index (χ0) is 23.3. The Balaban J connectivity index is 2.10. The van der Waals surface area contributed by atoms with Crippen LogP contribution in [0.5, 0.6) is 11.5 Å². The largest absolute Gasteiger partial charge is 0.507 e. The molecule has 1 saturated heterocycles. The van der Waals surface area contributed by atoms with Crippen LogP contribution in [0.4, 0.5) is 0 Å². The Morgan fingerprint density at radius 2 is 1.84 bits per heavy atom. The van der Waals surface area contributed by atoms with E-state index in [4.69, 9.17) is 25.8 Å². The first-order valence-corrected chi connectivity index (χ1v) is 10.6. The third-order valence-electron chi connectivity index (χ3n) is 5.22. The fourth-order valence-electron chi connectivity index (χ4n) is 3.70. The topological polar surface area (TPSA) is 85.3 Å². The minimum atomic E-state index is -0.747. The number of nitrogens with zero attached hydrogens (tertiary/aromatic N) is 1. The molecule has 0 radical (unpaired) electrons. The van der Waals surface area contributed by atoms with Crippen LogP contribution in [0, 0.1) is 0 Å². The first-order valence-electron chi connectivity index (χ1n) is 10.3. The first-order chi connectivity index (χ1) is 15.4. The van der Waals surface area contributed by atoms with Gasteiger partial charge in [-0.2, -0.15) is 0 Å². The van der Waals surface area contributed by atoms with Crippen molar-refractivity contribution >= 4 is 29.1 Å². The number of methoxy groups -OCH3 is 2. The Labute approximate surface area is 192 Å². The highest BCUT2D eigenvalue weighted by Crippen LogP contribution is 2.40. The average molecular weight is 460 g/mol. The predicted octanol–water partition coefficient (Wildman–Crippen LogP) is 4.21. The second kappa shape index (κ2) is 10.5. The third-order valence-corrected chi connectivity index (χ3v) is 5.52. The molecule has 2 aromatic rings. The van der Waals surface area contributed by atoms with Gasteiger partial charge in [-0.1, -0.05) is 23.7 Å². The number of Topliss-reactive ketones (excluding diaryl/α,β-unsaturated/α-hetero) is 1. The Morgan fingerprint density at radius 3 is 2.44 bits per heavy atom. The van der Waals surface area contributed by atoms with Crippen molar-refractivity contribution in [3.05, 3.63) is 64.2 Å². The number of carbonyl (C=O) groups is 2. The van der Waals surface area contributed by atoms with Crippen LogP contribution >= 0.6 is 11.6 Å². The molecule has 1 fully saturated rings. The van der Waals surface area contributed by atoms with Crippen molar-refractivity contribution in [2.24, 2.45) is 0 Å². The molecule has 0 bridgehead atoms. The molecule has 8 heteroatoms. The Morgan fingerprint density at radius 1 is 1.12 bits per heavy atom. The molecular formula is C24H26ClNO6. The van der Waals surface area contributed by atoms with Crippen LogP contribution in [0.3, 0.4) is 0 Å². The summed E-state index contributed by atoms with van der Waals surface area (Å²) in [6, 6.07) is 11.0. The number of amides is 1. The number of ether oxygens (including phenoxy) is 3. The molecule has 170 valence electrons. The van der Waals surface area contributed by atoms with E-state index < -0.39 is 17.7 Å². The number of halogens is 1. The normalized spacial score (nSPS) is 17.6. The number of ketones is 1. The summed E-state index contributed by atoms with van der Waals surface area (Å²) in [4.78, 5) is 27.3. The smallest absolute Gasteiger partial charge is 0.295 e. The minimum absolute atomic E-state index is 0.0119. The molecule has 7 nitrogen and oxygen atoms in total. The number of benzene rings is 2. The quantitative estimate of drug-likeness (QED) is 0.262. The molecule has 1 aliphatic heterocycles. The van der Waals surface area contributed by atoms with Gasteiger partial charge in [-0.25, -0.2) is 0 Å². The number of likely N-dealkylation sites (tertiary alicyclic amines) is 1. The maximum Gasteiger partial charge on any atom is 0.295 e. The van der Waals surface area contributed by atoms with Gasteiger partial charge in [0.15, 0.2) is 0 Å². The standard InChI is InChI=1S/C24H26ClNO6/c1-4-32-19-11-8-16(14-18(19)25)22(27)20-21(15-6-9-17(31-3)10-7-15)26(12-5-13-30-2)24(29)23(20)28/h6-11,14,21,27H,4-5,12-13H2,1-3H3/t21-/m1/s1. The van der Waals surface area contributed by atoms with E-state index in [9.17, 15) is 14.7 Å². The maximum atomic E-state index is 13.0. The summed E-state index contributed by atoms with van der Waals surface area (Å²) in [6.45, 7) is 3.02. The molecule has 1 aliphatic rings. The Bertz CT molecular complexity index is 1020. The minimum Gasteiger partial charge on any atom is -0.507 e. The second-order valence-corrected chi connectivity index (χ2v) is 7.60. The molecule has 1 N–H and O–H groups in total. The summed E-state index contributed by atoms with van der Waals surface area (Å²) in [5.74, 6) is -0.588. The predicted molar refractivity (Wildman–Crippen MR) is 121 cm³/mol. The van der Waals surface area contributed by atoms with Gasteiger partial charge in [0.25, 0.3) is 11.7 Å². The van der Waals surface area contributed by atoms with Crippen LogP contribution in [0.25, 0.3) is 5.76 Å². The molecule has 3 rings (SSSR count). The molecule has 1 atom stereocenters. The summed E-state index contributed by atoms with van der Waals surface area (Å²) in [5, 5.41) is 11.4. The lowest BCUT2D eigenvalue weighted by atomic mass is 9.95. The molecular weight excluding hydrogens is 434 g/mol. The number of aliphatic hydroxyl groups is 1. The van der Waals surface area contributed by atoms with Crippen LogP contribution in [0.15, 0.2) is 48.0 Å². The van der Waals surface area contributed by atoms with Crippen LogP contribution in [0.1, 0.15) is 30.5 Å². The zero-order valence-corrected chi connectivity index (χ0v) is 19.0. The van der Waals surface area contributed by atoms with Gasteiger partial charge in [0.1, 0.15) is 17.3 Å². The fourth-order valence-corrected chi connectivity index (χ4v) is 3.93. The summed E-state index contributed by atoms with van der Waals surface area (Å²) in [7, 11) is 3.13. The van der Waals surface area contributed by atoms with Crippen molar-refractivity contribution in [1.82, 2.24) is 4.90 Å². The SMILES string of the molecule is CCOc1ccc(C(O)=C2C(=O)C(=O)N(CCCOC)[C@@H]2c2ccc(OC)cc2)cc1Cl. The lowest BCUT2D eigenvalue weighted by molar-refractivity contribution is -0.140. The van der Waals surface area contributed by atoms with Crippen molar-refractivity contribution in [2.75, 3.05) is 34.0 Å². The monoisotopic (exact) mass is 459 g/mol. The van der Waals surface area contributed by atoms with E-state index in [1.54, 1.807) is 50.6 Å². The second-order valence-electron chi connectivity index (χ2n) is 7.19. The van der Waals surface area contributed by atoms with E-state index in [2.05, 4.69) is 0 Å². The number of rotatable bonds is 9. The van der Waals surface area contributed by atoms with Crippen molar-refractivity contribution in [3.63, 3.8) is 0 Å². The first kappa shape index (κ1) is 23.6. The summed E-state index contributed by atoms with van der Waals surface area (Å²) >= 11 is 6.28. The van der Waals surface area contributed by atoms with Crippen molar-refractivity contribution < 1.29 is 28.9 Å². The molecule has 2 aromatic carbocycles. The summed E-state index contributed by atoms with van der Waals surface area (Å²) in [6.07, 6.45) is 0.547. The Kier molecular flexibility index (Phi) is 7.77. The molecule has 32 heavy (non-hydrogen) atoms. The number of aliphatic hydroxyl groups excluding tert-OH is 1. The molecule has 0 spiro atoms. The third kappa shape index (κ3) is 4.74. The summed E-state index contributed by atoms with van der Waals surface area (Å²) in [5.41, 5.74) is 1.02. The lowest BCUT2D eigenvalue weighted by Crippen LogP contribution is -2.31. The van der Waals surface area contributed by atoms with E-state index >= 15 is 0 Å². The van der Waals surface area contributed by atoms with Crippen LogP contribution in [-0.4, -0.2) is 55.7 Å².